The second-order valence-corrected chi connectivity index (χ2v) is 7.82. The van der Waals surface area contributed by atoms with E-state index in [9.17, 15) is 19.6 Å². The van der Waals surface area contributed by atoms with Gasteiger partial charge in [0.2, 0.25) is 0 Å². The van der Waals surface area contributed by atoms with Gasteiger partial charge in [-0.2, -0.15) is 0 Å². The van der Waals surface area contributed by atoms with Gasteiger partial charge in [-0.05, 0) is 48.5 Å². The van der Waals surface area contributed by atoms with E-state index in [2.05, 4.69) is 10.3 Å². The van der Waals surface area contributed by atoms with Crippen LogP contribution < -0.4 is 10.8 Å². The minimum Gasteiger partial charge on any atom is -0.423 e. The van der Waals surface area contributed by atoms with Crippen LogP contribution in [-0.2, 0) is 0 Å². The van der Waals surface area contributed by atoms with Crippen LogP contribution in [0.3, 0.4) is 0 Å². The molecule has 1 atom stereocenters. The number of fused-ring (bicyclic) bond motifs is 1. The molecule has 1 heterocycles. The number of aromatic amines is 1. The predicted octanol–water partition coefficient (Wildman–Crippen LogP) is 2.11. The molecule has 1 aromatic heterocycles. The highest BCUT2D eigenvalue weighted by molar-refractivity contribution is 6.60. The van der Waals surface area contributed by atoms with Gasteiger partial charge in [0.1, 0.15) is 12.1 Å². The summed E-state index contributed by atoms with van der Waals surface area (Å²) < 4.78 is 0. The number of rotatable bonds is 6. The minimum atomic E-state index is -1.77. The van der Waals surface area contributed by atoms with E-state index in [0.717, 1.165) is 42.5 Å². The Hall–Kier alpha value is -2.97. The quantitative estimate of drug-likeness (QED) is 0.370. The first-order chi connectivity index (χ1) is 14.6. The molecule has 1 fully saturated rings. The lowest BCUT2D eigenvalue weighted by atomic mass is 9.76. The van der Waals surface area contributed by atoms with E-state index in [0.29, 0.717) is 11.8 Å². The van der Waals surface area contributed by atoms with E-state index >= 15 is 0 Å². The predicted molar refractivity (Wildman–Crippen MR) is 115 cm³/mol. The van der Waals surface area contributed by atoms with Crippen molar-refractivity contribution in [3.63, 3.8) is 0 Å². The van der Waals surface area contributed by atoms with E-state index < -0.39 is 7.12 Å². The molecule has 1 aliphatic carbocycles. The Balaban J connectivity index is 1.64. The van der Waals surface area contributed by atoms with Crippen LogP contribution in [0.25, 0.3) is 11.0 Å². The third-order valence-electron chi connectivity index (χ3n) is 5.86. The van der Waals surface area contributed by atoms with Crippen LogP contribution in [0, 0.1) is 5.92 Å². The Kier molecular flexibility index (Phi) is 5.97. The van der Waals surface area contributed by atoms with Gasteiger partial charge >= 0.3 is 7.12 Å². The van der Waals surface area contributed by atoms with Crippen LogP contribution in [0.15, 0.2) is 42.5 Å². The molecule has 0 bridgehead atoms. The maximum atomic E-state index is 13.0. The summed E-state index contributed by atoms with van der Waals surface area (Å²) in [6.07, 6.45) is 5.98. The van der Waals surface area contributed by atoms with Crippen molar-refractivity contribution in [3.8, 4) is 0 Å². The van der Waals surface area contributed by atoms with E-state index in [1.807, 2.05) is 24.3 Å². The maximum Gasteiger partial charge on any atom is 0.489 e. The number of nitrogens with zero attached hydrogens (tertiary/aromatic N) is 1. The summed E-state index contributed by atoms with van der Waals surface area (Å²) in [6.45, 7) is 0. The van der Waals surface area contributed by atoms with Crippen LogP contribution >= 0.6 is 0 Å². The van der Waals surface area contributed by atoms with Gasteiger partial charge in [0, 0.05) is 11.1 Å². The molecule has 1 saturated carbocycles. The van der Waals surface area contributed by atoms with Crippen molar-refractivity contribution < 1.29 is 19.6 Å². The molecule has 1 amide bonds. The summed E-state index contributed by atoms with van der Waals surface area (Å²) >= 11 is 0. The van der Waals surface area contributed by atoms with Crippen LogP contribution in [-0.4, -0.2) is 39.3 Å². The summed E-state index contributed by atoms with van der Waals surface area (Å²) in [5.74, 6) is 0.676. The second-order valence-electron chi connectivity index (χ2n) is 7.82. The highest BCUT2D eigenvalue weighted by Gasteiger charge is 2.29. The number of nitrogens with one attached hydrogen (secondary N) is 2. The fourth-order valence-electron chi connectivity index (χ4n) is 4.27. The normalized spacial score (nSPS) is 15.7. The lowest BCUT2D eigenvalue weighted by molar-refractivity contribution is 0.0909. The number of hydrogen-bond donors (Lipinski definition) is 4. The highest BCUT2D eigenvalue weighted by Crippen LogP contribution is 2.34. The Bertz CT molecular complexity index is 1030. The van der Waals surface area contributed by atoms with Crippen LogP contribution in [0.5, 0.6) is 0 Å². The van der Waals surface area contributed by atoms with Crippen molar-refractivity contribution in [1.29, 1.82) is 0 Å². The van der Waals surface area contributed by atoms with Crippen molar-refractivity contribution in [2.75, 3.05) is 0 Å². The molecular formula is C22H24BN3O4. The van der Waals surface area contributed by atoms with Gasteiger partial charge in [-0.15, -0.1) is 0 Å². The molecule has 0 spiro atoms. The average molecular weight is 405 g/mol. The summed E-state index contributed by atoms with van der Waals surface area (Å²) in [4.78, 5) is 32.4. The Morgan fingerprint density at radius 1 is 1.17 bits per heavy atom. The number of aromatic nitrogens is 2. The van der Waals surface area contributed by atoms with Gasteiger partial charge in [-0.1, -0.05) is 37.5 Å². The first kappa shape index (κ1) is 20.3. The molecule has 0 saturated heterocycles. The van der Waals surface area contributed by atoms with Crippen molar-refractivity contribution >= 4 is 35.8 Å². The number of H-pyrrole nitrogens is 1. The fraction of sp³-hybridized carbons (Fsp3) is 0.318. The molecule has 1 unspecified atom stereocenters. The van der Waals surface area contributed by atoms with Crippen molar-refractivity contribution in [3.05, 3.63) is 59.4 Å². The standard InChI is InChI=1S/C22H24BN3O4/c27-13-16-12-15(10-11-17(16)23(29)30)22(28)26-20(14-6-2-1-3-7-14)21-24-18-8-4-5-9-19(18)25-21/h4-5,8-14,20,29-30H,1-3,6-7H2,(H,24,25)(H,26,28). The third kappa shape index (κ3) is 4.15. The molecule has 7 nitrogen and oxygen atoms in total. The summed E-state index contributed by atoms with van der Waals surface area (Å²) in [6, 6.07) is 11.8. The number of benzene rings is 2. The van der Waals surface area contributed by atoms with E-state index in [1.165, 1.54) is 24.6 Å². The molecule has 154 valence electrons. The first-order valence-corrected chi connectivity index (χ1v) is 10.3. The second kappa shape index (κ2) is 8.81. The third-order valence-corrected chi connectivity index (χ3v) is 5.86. The molecule has 4 N–H and O–H groups in total. The molecule has 30 heavy (non-hydrogen) atoms. The van der Waals surface area contributed by atoms with Crippen molar-refractivity contribution in [2.24, 2.45) is 5.92 Å². The zero-order valence-corrected chi connectivity index (χ0v) is 16.5. The molecule has 4 rings (SSSR count). The molecule has 3 aromatic rings. The van der Waals surface area contributed by atoms with Gasteiger partial charge in [0.15, 0.2) is 0 Å². The zero-order valence-electron chi connectivity index (χ0n) is 16.5. The maximum absolute atomic E-state index is 13.0. The van der Waals surface area contributed by atoms with E-state index in [4.69, 9.17) is 4.98 Å². The summed E-state index contributed by atoms with van der Waals surface area (Å²) in [7, 11) is -1.77. The molecule has 0 radical (unpaired) electrons. The Morgan fingerprint density at radius 2 is 1.93 bits per heavy atom. The number of hydrogen-bond acceptors (Lipinski definition) is 5. The number of imidazole rings is 1. The van der Waals surface area contributed by atoms with Crippen molar-refractivity contribution in [1.82, 2.24) is 15.3 Å². The van der Waals surface area contributed by atoms with Gasteiger partial charge in [-0.25, -0.2) is 4.98 Å². The topological polar surface area (TPSA) is 115 Å². The lowest BCUT2D eigenvalue weighted by Crippen LogP contribution is -2.36. The summed E-state index contributed by atoms with van der Waals surface area (Å²) in [5.41, 5.74) is 2.22. The minimum absolute atomic E-state index is 0.0719. The average Bonchev–Trinajstić information content (AvgIpc) is 3.21. The van der Waals surface area contributed by atoms with Gasteiger partial charge in [0.25, 0.3) is 5.91 Å². The number of aldehydes is 1. The monoisotopic (exact) mass is 405 g/mol. The number of carbonyl (C=O) groups is 2. The lowest BCUT2D eigenvalue weighted by Gasteiger charge is -2.29. The molecule has 0 aliphatic heterocycles. The van der Waals surface area contributed by atoms with Crippen LogP contribution in [0.1, 0.15) is 64.7 Å². The molecular weight excluding hydrogens is 381 g/mol. The Morgan fingerprint density at radius 3 is 2.63 bits per heavy atom. The van der Waals surface area contributed by atoms with E-state index in [1.54, 1.807) is 0 Å². The van der Waals surface area contributed by atoms with Gasteiger partial charge in [-0.3, -0.25) is 9.59 Å². The van der Waals surface area contributed by atoms with Crippen molar-refractivity contribution in [2.45, 2.75) is 38.1 Å². The van der Waals surface area contributed by atoms with Crippen LogP contribution in [0.4, 0.5) is 0 Å². The fourth-order valence-corrected chi connectivity index (χ4v) is 4.27. The number of carbonyl (C=O) groups excluding carboxylic acids is 2. The first-order valence-electron chi connectivity index (χ1n) is 10.3. The zero-order chi connectivity index (χ0) is 21.1. The summed E-state index contributed by atoms with van der Waals surface area (Å²) in [5, 5.41) is 21.9. The van der Waals surface area contributed by atoms with E-state index in [-0.39, 0.29) is 28.9 Å². The van der Waals surface area contributed by atoms with Crippen LogP contribution in [0.2, 0.25) is 0 Å². The van der Waals surface area contributed by atoms with Gasteiger partial charge in [0.05, 0.1) is 17.1 Å². The molecule has 2 aromatic carbocycles. The number of amides is 1. The molecule has 1 aliphatic rings. The SMILES string of the molecule is O=Cc1cc(C(=O)NC(c2nc3ccccc3[nH]2)C2CCCCC2)ccc1B(O)O. The van der Waals surface area contributed by atoms with Gasteiger partial charge < -0.3 is 20.3 Å². The Labute approximate surface area is 174 Å². The largest absolute Gasteiger partial charge is 0.489 e. The number of para-hydroxylation sites is 2. The smallest absolute Gasteiger partial charge is 0.423 e. The highest BCUT2D eigenvalue weighted by atomic mass is 16.4. The molecule has 8 heteroatoms.